The number of amides is 1. The molecule has 1 amide bonds. The zero-order valence-electron chi connectivity index (χ0n) is 19.2. The lowest BCUT2D eigenvalue weighted by atomic mass is 10.2. The highest BCUT2D eigenvalue weighted by molar-refractivity contribution is 7.92. The predicted octanol–water partition coefficient (Wildman–Crippen LogP) is 4.04. The average Bonchev–Trinajstić information content (AvgIpc) is 3.34. The van der Waals surface area contributed by atoms with Crippen molar-refractivity contribution in [3.05, 3.63) is 102 Å². The van der Waals surface area contributed by atoms with Crippen LogP contribution in [0.5, 0.6) is 5.75 Å². The zero-order chi connectivity index (χ0) is 24.7. The molecule has 9 heteroatoms. The molecule has 180 valence electrons. The topological polar surface area (TPSA) is 102 Å². The summed E-state index contributed by atoms with van der Waals surface area (Å²) in [6, 6.07) is 22.3. The second kappa shape index (κ2) is 10.9. The second-order valence-electron chi connectivity index (χ2n) is 7.73. The van der Waals surface area contributed by atoms with Gasteiger partial charge in [0.2, 0.25) is 0 Å². The number of anilines is 1. The molecule has 4 rings (SSSR count). The van der Waals surface area contributed by atoms with E-state index in [9.17, 15) is 13.2 Å². The van der Waals surface area contributed by atoms with Crippen molar-refractivity contribution in [3.63, 3.8) is 0 Å². The van der Waals surface area contributed by atoms with Crippen LogP contribution in [0.3, 0.4) is 0 Å². The molecule has 8 nitrogen and oxygen atoms in total. The number of hydrogen-bond donors (Lipinski definition) is 2. The van der Waals surface area contributed by atoms with Gasteiger partial charge in [-0.1, -0.05) is 24.3 Å². The number of carbonyl (C=O) groups is 1. The summed E-state index contributed by atoms with van der Waals surface area (Å²) in [6.45, 7) is 2.77. The molecular formula is C26H26N4O4S. The summed E-state index contributed by atoms with van der Waals surface area (Å²) in [5, 5.41) is 7.23. The summed E-state index contributed by atoms with van der Waals surface area (Å²) < 4.78 is 35.1. The second-order valence-corrected chi connectivity index (χ2v) is 9.41. The molecule has 3 aromatic carbocycles. The molecule has 0 fully saturated rings. The van der Waals surface area contributed by atoms with E-state index in [2.05, 4.69) is 15.1 Å². The molecule has 0 radical (unpaired) electrons. The molecule has 0 aliphatic rings. The Morgan fingerprint density at radius 3 is 2.51 bits per heavy atom. The molecule has 0 spiro atoms. The van der Waals surface area contributed by atoms with Crippen molar-refractivity contribution in [2.24, 2.45) is 0 Å². The zero-order valence-corrected chi connectivity index (χ0v) is 20.0. The Bertz CT molecular complexity index is 1380. The molecule has 1 heterocycles. The van der Waals surface area contributed by atoms with Gasteiger partial charge in [0.15, 0.2) is 0 Å². The molecule has 0 saturated heterocycles. The number of ether oxygens (including phenoxy) is 1. The number of benzene rings is 3. The highest BCUT2D eigenvalue weighted by Gasteiger charge is 2.15. The van der Waals surface area contributed by atoms with Crippen molar-refractivity contribution in [1.29, 1.82) is 0 Å². The number of rotatable bonds is 10. The minimum atomic E-state index is -3.81. The first-order chi connectivity index (χ1) is 16.9. The Kier molecular flexibility index (Phi) is 7.47. The van der Waals surface area contributed by atoms with Crippen LogP contribution in [0.1, 0.15) is 22.8 Å². The van der Waals surface area contributed by atoms with E-state index < -0.39 is 10.0 Å². The highest BCUT2D eigenvalue weighted by Crippen LogP contribution is 2.20. The number of para-hydroxylation sites is 1. The van der Waals surface area contributed by atoms with Gasteiger partial charge in [-0.15, -0.1) is 0 Å². The van der Waals surface area contributed by atoms with Gasteiger partial charge in [0.1, 0.15) is 5.75 Å². The third-order valence-electron chi connectivity index (χ3n) is 5.18. The fraction of sp³-hybridized carbons (Fsp3) is 0.154. The number of aromatic nitrogens is 2. The van der Waals surface area contributed by atoms with Crippen molar-refractivity contribution < 1.29 is 17.9 Å². The van der Waals surface area contributed by atoms with E-state index in [1.807, 2.05) is 43.5 Å². The third kappa shape index (κ3) is 6.27. The summed E-state index contributed by atoms with van der Waals surface area (Å²) in [6.07, 6.45) is 4.32. The Hall–Kier alpha value is -4.11. The maximum Gasteiger partial charge on any atom is 0.261 e. The fourth-order valence-corrected chi connectivity index (χ4v) is 4.50. The first kappa shape index (κ1) is 24.0. The van der Waals surface area contributed by atoms with Crippen molar-refractivity contribution in [2.45, 2.75) is 18.2 Å². The van der Waals surface area contributed by atoms with E-state index in [0.29, 0.717) is 36.6 Å². The fourth-order valence-electron chi connectivity index (χ4n) is 3.45. The van der Waals surface area contributed by atoms with Crippen LogP contribution in [-0.4, -0.2) is 37.3 Å². The molecule has 0 aliphatic carbocycles. The first-order valence-corrected chi connectivity index (χ1v) is 12.7. The van der Waals surface area contributed by atoms with Crippen LogP contribution in [0, 0.1) is 0 Å². The van der Waals surface area contributed by atoms with Crippen molar-refractivity contribution >= 4 is 21.6 Å². The summed E-state index contributed by atoms with van der Waals surface area (Å²) in [4.78, 5) is 12.7. The smallest absolute Gasteiger partial charge is 0.261 e. The van der Waals surface area contributed by atoms with Crippen LogP contribution >= 0.6 is 0 Å². The van der Waals surface area contributed by atoms with Crippen LogP contribution in [-0.2, 0) is 16.4 Å². The maximum absolute atomic E-state index is 12.7. The van der Waals surface area contributed by atoms with E-state index in [4.69, 9.17) is 4.74 Å². The van der Waals surface area contributed by atoms with Gasteiger partial charge in [0.05, 0.1) is 23.4 Å². The molecule has 0 unspecified atom stereocenters. The minimum Gasteiger partial charge on any atom is -0.494 e. The summed E-state index contributed by atoms with van der Waals surface area (Å²) in [5.74, 6) is 0.306. The van der Waals surface area contributed by atoms with Gasteiger partial charge < -0.3 is 10.1 Å². The lowest BCUT2D eigenvalue weighted by Gasteiger charge is -2.11. The van der Waals surface area contributed by atoms with E-state index in [0.717, 1.165) is 11.3 Å². The van der Waals surface area contributed by atoms with E-state index in [1.54, 1.807) is 41.2 Å². The Labute approximate surface area is 204 Å². The third-order valence-corrected chi connectivity index (χ3v) is 6.58. The lowest BCUT2D eigenvalue weighted by Crippen LogP contribution is -2.25. The van der Waals surface area contributed by atoms with Crippen LogP contribution in [0.15, 0.2) is 96.2 Å². The molecular weight excluding hydrogens is 464 g/mol. The average molecular weight is 491 g/mol. The van der Waals surface area contributed by atoms with Crippen molar-refractivity contribution in [3.8, 4) is 11.4 Å². The number of carbonyl (C=O) groups excluding carboxylic acids is 1. The van der Waals surface area contributed by atoms with Crippen molar-refractivity contribution in [2.75, 3.05) is 17.9 Å². The minimum absolute atomic E-state index is 0.104. The summed E-state index contributed by atoms with van der Waals surface area (Å²) in [5.41, 5.74) is 2.62. The summed E-state index contributed by atoms with van der Waals surface area (Å²) >= 11 is 0. The molecule has 0 aliphatic heterocycles. The van der Waals surface area contributed by atoms with E-state index in [-0.39, 0.29) is 10.8 Å². The predicted molar refractivity (Wildman–Crippen MR) is 134 cm³/mol. The van der Waals surface area contributed by atoms with Crippen LogP contribution in [0.25, 0.3) is 5.69 Å². The Balaban J connectivity index is 1.34. The van der Waals surface area contributed by atoms with Gasteiger partial charge in [-0.3, -0.25) is 9.52 Å². The van der Waals surface area contributed by atoms with Gasteiger partial charge in [0, 0.05) is 24.0 Å². The molecule has 0 bridgehead atoms. The van der Waals surface area contributed by atoms with Gasteiger partial charge in [-0.25, -0.2) is 13.1 Å². The van der Waals surface area contributed by atoms with E-state index >= 15 is 0 Å². The van der Waals surface area contributed by atoms with Crippen LogP contribution in [0.4, 0.5) is 5.69 Å². The van der Waals surface area contributed by atoms with Gasteiger partial charge in [-0.2, -0.15) is 5.10 Å². The standard InChI is InChI=1S/C26H26N4O4S/c1-2-34-24-11-13-25(14-12-24)35(32,33)29-22-8-6-7-21(17-22)26(31)27-16-15-20-18-28-30(19-20)23-9-4-3-5-10-23/h3-14,17-19,29H,2,15-16H2,1H3,(H,27,31). The SMILES string of the molecule is CCOc1ccc(S(=O)(=O)Nc2cccc(C(=O)NCCc3cnn(-c4ccccc4)c3)c2)cc1. The Morgan fingerprint density at radius 1 is 1.00 bits per heavy atom. The number of hydrogen-bond acceptors (Lipinski definition) is 5. The molecule has 0 atom stereocenters. The van der Waals surface area contributed by atoms with Crippen LogP contribution in [0.2, 0.25) is 0 Å². The number of nitrogens with one attached hydrogen (secondary N) is 2. The lowest BCUT2D eigenvalue weighted by molar-refractivity contribution is 0.0954. The molecule has 1 aromatic heterocycles. The normalized spacial score (nSPS) is 11.1. The van der Waals surface area contributed by atoms with Crippen molar-refractivity contribution in [1.82, 2.24) is 15.1 Å². The number of nitrogens with zero attached hydrogens (tertiary/aromatic N) is 2. The highest BCUT2D eigenvalue weighted by atomic mass is 32.2. The Morgan fingerprint density at radius 2 is 1.77 bits per heavy atom. The monoisotopic (exact) mass is 490 g/mol. The maximum atomic E-state index is 12.7. The first-order valence-electron chi connectivity index (χ1n) is 11.2. The van der Waals surface area contributed by atoms with Gasteiger partial charge in [-0.05, 0) is 73.5 Å². The number of sulfonamides is 1. The molecule has 4 aromatic rings. The van der Waals surface area contributed by atoms with Gasteiger partial charge >= 0.3 is 0 Å². The van der Waals surface area contributed by atoms with Crippen LogP contribution < -0.4 is 14.8 Å². The molecule has 2 N–H and O–H groups in total. The summed E-state index contributed by atoms with van der Waals surface area (Å²) in [7, 11) is -3.81. The quantitative estimate of drug-likeness (QED) is 0.349. The largest absolute Gasteiger partial charge is 0.494 e. The van der Waals surface area contributed by atoms with Gasteiger partial charge in [0.25, 0.3) is 15.9 Å². The molecule has 35 heavy (non-hydrogen) atoms. The van der Waals surface area contributed by atoms with E-state index in [1.165, 1.54) is 18.2 Å². The molecule has 0 saturated carbocycles.